The summed E-state index contributed by atoms with van der Waals surface area (Å²) in [7, 11) is 0. The number of rotatable bonds is 6. The van der Waals surface area contributed by atoms with Crippen molar-refractivity contribution >= 4 is 17.6 Å². The Morgan fingerprint density at radius 3 is 2.20 bits per heavy atom. The number of carbonyl (C=O) groups excluding carboxylic acids is 2. The van der Waals surface area contributed by atoms with Gasteiger partial charge in [-0.2, -0.15) is 0 Å². The molecular formula is C19H25N3O3. The quantitative estimate of drug-likeness (QED) is 0.749. The second-order valence-corrected chi connectivity index (χ2v) is 6.36. The molecule has 25 heavy (non-hydrogen) atoms. The van der Waals surface area contributed by atoms with Crippen molar-refractivity contribution in [2.24, 2.45) is 5.92 Å². The van der Waals surface area contributed by atoms with Crippen LogP contribution in [-0.2, 0) is 4.79 Å². The summed E-state index contributed by atoms with van der Waals surface area (Å²) in [5.41, 5.74) is 0.669. The molecular weight excluding hydrogens is 318 g/mol. The first kappa shape index (κ1) is 18.6. The normalized spacial score (nSPS) is 13.2. The predicted molar refractivity (Wildman–Crippen MR) is 97.2 cm³/mol. The van der Waals surface area contributed by atoms with Gasteiger partial charge in [-0.15, -0.1) is 0 Å². The number of nitrogens with one attached hydrogen (secondary N) is 3. The average molecular weight is 343 g/mol. The van der Waals surface area contributed by atoms with Crippen LogP contribution in [0.1, 0.15) is 38.3 Å². The van der Waals surface area contributed by atoms with E-state index in [1.54, 1.807) is 12.1 Å². The zero-order chi connectivity index (χ0) is 18.4. The lowest BCUT2D eigenvalue weighted by molar-refractivity contribution is -0.124. The van der Waals surface area contributed by atoms with E-state index in [1.807, 2.05) is 58.0 Å². The minimum absolute atomic E-state index is 0.0629. The Bertz CT molecular complexity index is 710. The van der Waals surface area contributed by atoms with E-state index in [-0.39, 0.29) is 17.9 Å². The van der Waals surface area contributed by atoms with Crippen molar-refractivity contribution in [3.8, 4) is 0 Å². The van der Waals surface area contributed by atoms with E-state index < -0.39 is 12.1 Å². The van der Waals surface area contributed by atoms with E-state index in [0.29, 0.717) is 11.4 Å². The summed E-state index contributed by atoms with van der Waals surface area (Å²) in [5, 5.41) is 8.34. The van der Waals surface area contributed by atoms with E-state index in [9.17, 15) is 9.59 Å². The van der Waals surface area contributed by atoms with Gasteiger partial charge < -0.3 is 20.4 Å². The predicted octanol–water partition coefficient (Wildman–Crippen LogP) is 3.61. The van der Waals surface area contributed by atoms with E-state index in [2.05, 4.69) is 16.0 Å². The van der Waals surface area contributed by atoms with Crippen LogP contribution in [0.5, 0.6) is 0 Å². The molecule has 0 saturated carbocycles. The lowest BCUT2D eigenvalue weighted by atomic mass is 10.0. The van der Waals surface area contributed by atoms with Crippen LogP contribution in [0.25, 0.3) is 0 Å². The Labute approximate surface area is 148 Å². The smallest absolute Gasteiger partial charge is 0.319 e. The van der Waals surface area contributed by atoms with Gasteiger partial charge in [-0.25, -0.2) is 4.79 Å². The molecule has 3 amide bonds. The topological polar surface area (TPSA) is 83.4 Å². The first-order valence-electron chi connectivity index (χ1n) is 8.36. The summed E-state index contributed by atoms with van der Waals surface area (Å²) in [6, 6.07) is 11.4. The van der Waals surface area contributed by atoms with Crippen LogP contribution in [0.4, 0.5) is 10.5 Å². The average Bonchev–Trinajstić information content (AvgIpc) is 2.99. The number of urea groups is 1. The number of benzene rings is 1. The molecule has 6 heteroatoms. The van der Waals surface area contributed by atoms with Gasteiger partial charge >= 0.3 is 6.03 Å². The summed E-state index contributed by atoms with van der Waals surface area (Å²) in [5.74, 6) is 1.16. The van der Waals surface area contributed by atoms with Crippen molar-refractivity contribution in [1.82, 2.24) is 10.6 Å². The second kappa shape index (κ2) is 8.37. The minimum atomic E-state index is -0.651. The molecule has 0 aliphatic heterocycles. The molecule has 2 aromatic rings. The van der Waals surface area contributed by atoms with Gasteiger partial charge in [0, 0.05) is 5.69 Å². The van der Waals surface area contributed by atoms with E-state index in [4.69, 9.17) is 4.42 Å². The maximum atomic E-state index is 12.6. The van der Waals surface area contributed by atoms with Crippen LogP contribution < -0.4 is 16.0 Å². The standard InChI is InChI=1S/C19H25N3O3/c1-12(2)17(22-19(24)21-15-8-6-5-7-9-15)18(23)20-14(4)16-11-10-13(3)25-16/h5-12,14,17H,1-4H3,(H,20,23)(H2,21,22,24). The number of amides is 3. The first-order valence-corrected chi connectivity index (χ1v) is 8.36. The fourth-order valence-electron chi connectivity index (χ4n) is 2.43. The highest BCUT2D eigenvalue weighted by Gasteiger charge is 2.26. The lowest BCUT2D eigenvalue weighted by Gasteiger charge is -2.23. The zero-order valence-corrected chi connectivity index (χ0v) is 15.0. The maximum Gasteiger partial charge on any atom is 0.319 e. The molecule has 2 unspecified atom stereocenters. The maximum absolute atomic E-state index is 12.6. The third-order valence-corrected chi connectivity index (χ3v) is 3.81. The van der Waals surface area contributed by atoms with Crippen LogP contribution in [0.2, 0.25) is 0 Å². The number of carbonyl (C=O) groups is 2. The molecule has 0 radical (unpaired) electrons. The van der Waals surface area contributed by atoms with Gasteiger partial charge in [0.15, 0.2) is 0 Å². The molecule has 1 aromatic heterocycles. The molecule has 0 bridgehead atoms. The highest BCUT2D eigenvalue weighted by molar-refractivity contribution is 5.93. The summed E-state index contributed by atoms with van der Waals surface area (Å²) >= 11 is 0. The fourth-order valence-corrected chi connectivity index (χ4v) is 2.43. The van der Waals surface area contributed by atoms with Crippen molar-refractivity contribution in [1.29, 1.82) is 0 Å². The van der Waals surface area contributed by atoms with Gasteiger partial charge in [0.05, 0.1) is 6.04 Å². The van der Waals surface area contributed by atoms with Crippen LogP contribution >= 0.6 is 0 Å². The van der Waals surface area contributed by atoms with Gasteiger partial charge in [-0.1, -0.05) is 32.0 Å². The molecule has 1 aromatic carbocycles. The summed E-state index contributed by atoms with van der Waals surface area (Å²) in [6.07, 6.45) is 0. The number of hydrogen-bond acceptors (Lipinski definition) is 3. The van der Waals surface area contributed by atoms with Crippen molar-refractivity contribution < 1.29 is 14.0 Å². The Kier molecular flexibility index (Phi) is 6.22. The van der Waals surface area contributed by atoms with Gasteiger partial charge in [0.25, 0.3) is 0 Å². The lowest BCUT2D eigenvalue weighted by Crippen LogP contribution is -2.51. The van der Waals surface area contributed by atoms with Crippen molar-refractivity contribution in [3.05, 3.63) is 54.0 Å². The molecule has 0 aliphatic rings. The number of anilines is 1. The van der Waals surface area contributed by atoms with E-state index in [1.165, 1.54) is 0 Å². The molecule has 2 rings (SSSR count). The SMILES string of the molecule is Cc1ccc(C(C)NC(=O)C(NC(=O)Nc2ccccc2)C(C)C)o1. The fraction of sp³-hybridized carbons (Fsp3) is 0.368. The molecule has 0 fully saturated rings. The Morgan fingerprint density at radius 1 is 0.960 bits per heavy atom. The molecule has 0 aliphatic carbocycles. The molecule has 3 N–H and O–H groups in total. The summed E-state index contributed by atoms with van der Waals surface area (Å²) in [4.78, 5) is 24.7. The Balaban J connectivity index is 1.96. The summed E-state index contributed by atoms with van der Waals surface area (Å²) in [6.45, 7) is 7.46. The summed E-state index contributed by atoms with van der Waals surface area (Å²) < 4.78 is 5.53. The van der Waals surface area contributed by atoms with Gasteiger partial charge in [0.2, 0.25) is 5.91 Å². The molecule has 134 valence electrons. The van der Waals surface area contributed by atoms with E-state index >= 15 is 0 Å². The Hall–Kier alpha value is -2.76. The van der Waals surface area contributed by atoms with Crippen molar-refractivity contribution in [2.45, 2.75) is 39.8 Å². The number of hydrogen-bond donors (Lipinski definition) is 3. The number of para-hydroxylation sites is 1. The van der Waals surface area contributed by atoms with Crippen molar-refractivity contribution in [2.75, 3.05) is 5.32 Å². The zero-order valence-electron chi connectivity index (χ0n) is 15.0. The number of aryl methyl sites for hydroxylation is 1. The van der Waals surface area contributed by atoms with Gasteiger partial charge in [-0.05, 0) is 44.0 Å². The Morgan fingerprint density at radius 2 is 1.64 bits per heavy atom. The molecule has 6 nitrogen and oxygen atoms in total. The van der Waals surface area contributed by atoms with Crippen LogP contribution in [0.3, 0.4) is 0 Å². The first-order chi connectivity index (χ1) is 11.9. The highest BCUT2D eigenvalue weighted by Crippen LogP contribution is 2.16. The number of furan rings is 1. The molecule has 1 heterocycles. The largest absolute Gasteiger partial charge is 0.464 e. The molecule has 0 saturated heterocycles. The van der Waals surface area contributed by atoms with Crippen LogP contribution in [-0.4, -0.2) is 18.0 Å². The monoisotopic (exact) mass is 343 g/mol. The highest BCUT2D eigenvalue weighted by atomic mass is 16.3. The third-order valence-electron chi connectivity index (χ3n) is 3.81. The molecule has 2 atom stereocenters. The van der Waals surface area contributed by atoms with Crippen molar-refractivity contribution in [3.63, 3.8) is 0 Å². The van der Waals surface area contributed by atoms with Gasteiger partial charge in [0.1, 0.15) is 17.6 Å². The second-order valence-electron chi connectivity index (χ2n) is 6.36. The third kappa shape index (κ3) is 5.38. The van der Waals surface area contributed by atoms with Crippen LogP contribution in [0.15, 0.2) is 46.9 Å². The van der Waals surface area contributed by atoms with Gasteiger partial charge in [-0.3, -0.25) is 4.79 Å². The van der Waals surface area contributed by atoms with Crippen LogP contribution in [0, 0.1) is 12.8 Å². The minimum Gasteiger partial charge on any atom is -0.464 e. The van der Waals surface area contributed by atoms with E-state index in [0.717, 1.165) is 5.76 Å². The molecule has 0 spiro atoms.